The number of imidazole rings is 1. The topological polar surface area (TPSA) is 108 Å². The van der Waals surface area contributed by atoms with Crippen molar-refractivity contribution in [2.75, 3.05) is 0 Å². The Morgan fingerprint density at radius 1 is 1.09 bits per heavy atom. The zero-order valence-corrected chi connectivity index (χ0v) is 19.1. The van der Waals surface area contributed by atoms with Gasteiger partial charge in [-0.05, 0) is 36.6 Å². The van der Waals surface area contributed by atoms with Gasteiger partial charge in [-0.2, -0.15) is 4.98 Å². The van der Waals surface area contributed by atoms with Crippen molar-refractivity contribution >= 4 is 16.9 Å². The van der Waals surface area contributed by atoms with Gasteiger partial charge in [0.05, 0.1) is 11.0 Å². The molecule has 0 aliphatic heterocycles. The maximum absolute atomic E-state index is 12.9. The fourth-order valence-corrected chi connectivity index (χ4v) is 3.87. The number of hydrogen-bond donors (Lipinski definition) is 1. The minimum atomic E-state index is -0.437. The molecule has 0 bridgehead atoms. The number of rotatable bonds is 9. The third kappa shape index (κ3) is 4.72. The molecular weight excluding hydrogens is 420 g/mol. The van der Waals surface area contributed by atoms with Crippen molar-refractivity contribution in [2.24, 2.45) is 5.92 Å². The Hall–Kier alpha value is -3.75. The van der Waals surface area contributed by atoms with Crippen LogP contribution in [0.2, 0.25) is 0 Å². The first-order valence-electron chi connectivity index (χ1n) is 11.2. The van der Waals surface area contributed by atoms with Crippen molar-refractivity contribution in [1.82, 2.24) is 29.6 Å². The molecule has 1 N–H and O–H groups in total. The number of carbonyl (C=O) groups is 1. The molecule has 172 valence electrons. The quantitative estimate of drug-likeness (QED) is 0.419. The van der Waals surface area contributed by atoms with E-state index in [2.05, 4.69) is 20.4 Å². The number of benzene rings is 1. The van der Waals surface area contributed by atoms with E-state index in [1.165, 1.54) is 0 Å². The standard InChI is InChI=1S/C24H28N6O3/c1-4-13-29-18-9-5-6-10-19(18)30(24(29)32)14-11-20(31)26-21(16(2)3)23-27-22(28-33-23)17-8-7-12-25-15-17/h5-10,12,15-16,21H,4,11,13-14H2,1-3H3,(H,26,31). The summed E-state index contributed by atoms with van der Waals surface area (Å²) in [5.74, 6) is 0.613. The highest BCUT2D eigenvalue weighted by Gasteiger charge is 2.25. The van der Waals surface area contributed by atoms with Crippen molar-refractivity contribution in [2.45, 2.75) is 52.7 Å². The first-order valence-corrected chi connectivity index (χ1v) is 11.2. The highest BCUT2D eigenvalue weighted by Crippen LogP contribution is 2.23. The predicted molar refractivity (Wildman–Crippen MR) is 124 cm³/mol. The van der Waals surface area contributed by atoms with E-state index in [1.807, 2.05) is 51.1 Å². The number of nitrogens with zero attached hydrogens (tertiary/aromatic N) is 5. The lowest BCUT2D eigenvalue weighted by Crippen LogP contribution is -2.33. The molecule has 3 heterocycles. The summed E-state index contributed by atoms with van der Waals surface area (Å²) in [5.41, 5.74) is 2.37. The summed E-state index contributed by atoms with van der Waals surface area (Å²) in [4.78, 5) is 34.3. The van der Waals surface area contributed by atoms with E-state index >= 15 is 0 Å². The molecule has 0 aliphatic rings. The normalized spacial score (nSPS) is 12.4. The fraction of sp³-hybridized carbons (Fsp3) is 0.375. The number of para-hydroxylation sites is 2. The molecule has 1 amide bonds. The molecule has 33 heavy (non-hydrogen) atoms. The van der Waals surface area contributed by atoms with Gasteiger partial charge in [-0.15, -0.1) is 0 Å². The molecular formula is C24H28N6O3. The second kappa shape index (κ2) is 9.81. The first-order chi connectivity index (χ1) is 16.0. The van der Waals surface area contributed by atoms with E-state index in [-0.39, 0.29) is 30.5 Å². The molecule has 4 rings (SSSR count). The van der Waals surface area contributed by atoms with Crippen LogP contribution in [0.5, 0.6) is 0 Å². The molecule has 0 saturated carbocycles. The van der Waals surface area contributed by atoms with E-state index in [0.717, 1.165) is 23.0 Å². The van der Waals surface area contributed by atoms with Crippen molar-refractivity contribution in [1.29, 1.82) is 0 Å². The number of amides is 1. The Bertz CT molecular complexity index is 1290. The maximum Gasteiger partial charge on any atom is 0.329 e. The van der Waals surface area contributed by atoms with Crippen molar-refractivity contribution in [3.8, 4) is 11.4 Å². The van der Waals surface area contributed by atoms with Crippen LogP contribution in [0.3, 0.4) is 0 Å². The van der Waals surface area contributed by atoms with E-state index in [9.17, 15) is 9.59 Å². The molecule has 1 unspecified atom stereocenters. The molecule has 3 aromatic heterocycles. The van der Waals surface area contributed by atoms with E-state index in [0.29, 0.717) is 18.3 Å². The second-order valence-electron chi connectivity index (χ2n) is 8.31. The molecule has 0 radical (unpaired) electrons. The summed E-state index contributed by atoms with van der Waals surface area (Å²) in [6, 6.07) is 10.9. The lowest BCUT2D eigenvalue weighted by molar-refractivity contribution is -0.122. The zero-order valence-electron chi connectivity index (χ0n) is 19.1. The molecule has 9 heteroatoms. The molecule has 0 aliphatic carbocycles. The summed E-state index contributed by atoms with van der Waals surface area (Å²) >= 11 is 0. The number of carbonyl (C=O) groups excluding carboxylic acids is 1. The van der Waals surface area contributed by atoms with Gasteiger partial charge in [0.25, 0.3) is 0 Å². The third-order valence-electron chi connectivity index (χ3n) is 5.55. The van der Waals surface area contributed by atoms with Crippen LogP contribution in [0, 0.1) is 5.92 Å². The number of fused-ring (bicyclic) bond motifs is 1. The van der Waals surface area contributed by atoms with Crippen LogP contribution in [0.4, 0.5) is 0 Å². The number of aryl methyl sites for hydroxylation is 2. The van der Waals surface area contributed by atoms with Crippen molar-refractivity contribution in [3.05, 3.63) is 65.2 Å². The monoisotopic (exact) mass is 448 g/mol. The minimum Gasteiger partial charge on any atom is -0.344 e. The van der Waals surface area contributed by atoms with Gasteiger partial charge in [-0.25, -0.2) is 4.79 Å². The molecule has 4 aromatic rings. The number of nitrogens with one attached hydrogen (secondary N) is 1. The van der Waals surface area contributed by atoms with Gasteiger partial charge in [0.15, 0.2) is 0 Å². The van der Waals surface area contributed by atoms with Gasteiger partial charge < -0.3 is 9.84 Å². The van der Waals surface area contributed by atoms with E-state index < -0.39 is 6.04 Å². The maximum atomic E-state index is 12.9. The number of aromatic nitrogens is 5. The van der Waals surface area contributed by atoms with Gasteiger partial charge in [-0.3, -0.25) is 18.9 Å². The van der Waals surface area contributed by atoms with Gasteiger partial charge in [-0.1, -0.05) is 38.1 Å². The average molecular weight is 449 g/mol. The summed E-state index contributed by atoms with van der Waals surface area (Å²) in [5, 5.41) is 7.03. The smallest absolute Gasteiger partial charge is 0.329 e. The Labute approximate surface area is 191 Å². The zero-order chi connectivity index (χ0) is 23.4. The molecule has 0 saturated heterocycles. The summed E-state index contributed by atoms with van der Waals surface area (Å²) in [6.45, 7) is 6.92. The van der Waals surface area contributed by atoms with Gasteiger partial charge in [0, 0.05) is 37.5 Å². The Morgan fingerprint density at radius 3 is 2.45 bits per heavy atom. The highest BCUT2D eigenvalue weighted by atomic mass is 16.5. The molecule has 1 aromatic carbocycles. The van der Waals surface area contributed by atoms with Crippen LogP contribution in [0.1, 0.15) is 45.5 Å². The number of pyridine rings is 1. The van der Waals surface area contributed by atoms with Crippen LogP contribution in [0.15, 0.2) is 58.1 Å². The van der Waals surface area contributed by atoms with Gasteiger partial charge >= 0.3 is 5.69 Å². The lowest BCUT2D eigenvalue weighted by atomic mass is 10.0. The number of hydrogen-bond acceptors (Lipinski definition) is 6. The third-order valence-corrected chi connectivity index (χ3v) is 5.55. The second-order valence-corrected chi connectivity index (χ2v) is 8.31. The van der Waals surface area contributed by atoms with Crippen LogP contribution < -0.4 is 11.0 Å². The Morgan fingerprint density at radius 2 is 1.82 bits per heavy atom. The van der Waals surface area contributed by atoms with Crippen LogP contribution in [-0.4, -0.2) is 30.2 Å². The lowest BCUT2D eigenvalue weighted by Gasteiger charge is -2.18. The van der Waals surface area contributed by atoms with Crippen molar-refractivity contribution in [3.63, 3.8) is 0 Å². The average Bonchev–Trinajstić information content (AvgIpc) is 3.41. The molecule has 1 atom stereocenters. The van der Waals surface area contributed by atoms with E-state index in [4.69, 9.17) is 4.52 Å². The van der Waals surface area contributed by atoms with Crippen LogP contribution in [0.25, 0.3) is 22.4 Å². The van der Waals surface area contributed by atoms with Crippen molar-refractivity contribution < 1.29 is 9.32 Å². The first kappa shape index (κ1) is 22.4. The van der Waals surface area contributed by atoms with E-state index in [1.54, 1.807) is 27.6 Å². The molecule has 0 spiro atoms. The Balaban J connectivity index is 1.49. The fourth-order valence-electron chi connectivity index (χ4n) is 3.87. The van der Waals surface area contributed by atoms with Gasteiger partial charge in [0.2, 0.25) is 17.6 Å². The summed E-state index contributed by atoms with van der Waals surface area (Å²) in [6.07, 6.45) is 4.35. The minimum absolute atomic E-state index is 0.0327. The van der Waals surface area contributed by atoms with Crippen LogP contribution in [-0.2, 0) is 17.9 Å². The highest BCUT2D eigenvalue weighted by molar-refractivity contribution is 5.78. The predicted octanol–water partition coefficient (Wildman–Crippen LogP) is 3.56. The summed E-state index contributed by atoms with van der Waals surface area (Å²) in [7, 11) is 0. The van der Waals surface area contributed by atoms with Gasteiger partial charge in [0.1, 0.15) is 6.04 Å². The summed E-state index contributed by atoms with van der Waals surface area (Å²) < 4.78 is 8.89. The molecule has 0 fully saturated rings. The SMILES string of the molecule is CCCn1c(=O)n(CCC(=O)NC(c2nc(-c3cccnc3)no2)C(C)C)c2ccccc21. The Kier molecular flexibility index (Phi) is 6.67. The van der Waals surface area contributed by atoms with Crippen LogP contribution >= 0.6 is 0 Å². The largest absolute Gasteiger partial charge is 0.344 e. The molecule has 9 nitrogen and oxygen atoms in total.